The third kappa shape index (κ3) is 5.29. The van der Waals surface area contributed by atoms with E-state index in [2.05, 4.69) is 26.1 Å². The van der Waals surface area contributed by atoms with Crippen LogP contribution in [0.3, 0.4) is 0 Å². The number of carbonyl (C=O) groups excluding carboxylic acids is 2. The van der Waals surface area contributed by atoms with Crippen LogP contribution >= 0.6 is 11.3 Å². The number of carbonyl (C=O) groups is 2. The van der Waals surface area contributed by atoms with Gasteiger partial charge in [0.1, 0.15) is 10.8 Å². The number of aryl methyl sites for hydroxylation is 1. The van der Waals surface area contributed by atoms with Crippen molar-refractivity contribution in [3.63, 3.8) is 0 Å². The number of nitrogens with one attached hydrogen (secondary N) is 1. The monoisotopic (exact) mass is 443 g/mol. The van der Waals surface area contributed by atoms with Crippen molar-refractivity contribution in [3.8, 4) is 5.75 Å². The summed E-state index contributed by atoms with van der Waals surface area (Å²) in [6.45, 7) is 6.87. The van der Waals surface area contributed by atoms with Gasteiger partial charge in [0, 0.05) is 11.3 Å². The van der Waals surface area contributed by atoms with Crippen molar-refractivity contribution in [2.24, 2.45) is 11.3 Å². The lowest BCUT2D eigenvalue weighted by atomic mass is 9.69. The lowest BCUT2D eigenvalue weighted by Crippen LogP contribution is -2.28. The minimum atomic E-state index is -0.365. The highest BCUT2D eigenvalue weighted by Crippen LogP contribution is 2.45. The maximum atomic E-state index is 12.7. The minimum Gasteiger partial charge on any atom is -0.497 e. The van der Waals surface area contributed by atoms with Crippen LogP contribution in [0.1, 0.15) is 66.4 Å². The van der Waals surface area contributed by atoms with E-state index in [0.717, 1.165) is 42.6 Å². The number of ether oxygens (including phenoxy) is 2. The fraction of sp³-hybridized carbons (Fsp3) is 0.520. The topological polar surface area (TPSA) is 64.6 Å². The number of esters is 1. The van der Waals surface area contributed by atoms with Crippen LogP contribution in [-0.2, 0) is 28.8 Å². The molecule has 0 bridgehead atoms. The van der Waals surface area contributed by atoms with Crippen molar-refractivity contribution < 1.29 is 19.1 Å². The van der Waals surface area contributed by atoms with Crippen LogP contribution in [0, 0.1) is 11.3 Å². The van der Waals surface area contributed by atoms with Crippen molar-refractivity contribution in [2.75, 3.05) is 19.5 Å². The van der Waals surface area contributed by atoms with Gasteiger partial charge in [-0.15, -0.1) is 11.3 Å². The van der Waals surface area contributed by atoms with E-state index in [9.17, 15) is 9.59 Å². The molecule has 0 saturated carbocycles. The van der Waals surface area contributed by atoms with Gasteiger partial charge in [0.15, 0.2) is 0 Å². The minimum absolute atomic E-state index is 0.0926. The van der Waals surface area contributed by atoms with Gasteiger partial charge in [-0.05, 0) is 60.3 Å². The normalized spacial score (nSPS) is 15.8. The van der Waals surface area contributed by atoms with Gasteiger partial charge < -0.3 is 14.8 Å². The molecule has 31 heavy (non-hydrogen) atoms. The van der Waals surface area contributed by atoms with E-state index < -0.39 is 0 Å². The predicted molar refractivity (Wildman–Crippen MR) is 125 cm³/mol. The van der Waals surface area contributed by atoms with Crippen molar-refractivity contribution >= 4 is 28.2 Å². The molecule has 0 fully saturated rings. The van der Waals surface area contributed by atoms with E-state index in [4.69, 9.17) is 9.47 Å². The molecule has 168 valence electrons. The first-order chi connectivity index (χ1) is 14.8. The maximum Gasteiger partial charge on any atom is 0.341 e. The van der Waals surface area contributed by atoms with Gasteiger partial charge in [0.05, 0.1) is 19.8 Å². The fourth-order valence-electron chi connectivity index (χ4n) is 4.19. The van der Waals surface area contributed by atoms with Crippen LogP contribution in [0.4, 0.5) is 5.00 Å². The maximum absolute atomic E-state index is 12.7. The fourth-order valence-corrected chi connectivity index (χ4v) is 5.52. The summed E-state index contributed by atoms with van der Waals surface area (Å²) in [6, 6.07) is 7.71. The number of thiophene rings is 1. The molecule has 1 aromatic carbocycles. The summed E-state index contributed by atoms with van der Waals surface area (Å²) in [5.74, 6) is 0.915. The standard InChI is InChI=1S/C25H33NO4S/c1-6-25(2,3)17-10-13-19-20(15-17)31-23(22(19)24(28)30-5)26-21(27)14-9-16-7-11-18(29-4)12-8-16/h7-8,11-12,17H,6,9-10,13-15H2,1-5H3,(H,26,27). The SMILES string of the molecule is CCC(C)(C)C1CCc2c(sc(NC(=O)CCc3ccc(OC)cc3)c2C(=O)OC)C1. The third-order valence-electron chi connectivity index (χ3n) is 6.72. The Morgan fingerprint density at radius 2 is 1.90 bits per heavy atom. The zero-order valence-electron chi connectivity index (χ0n) is 19.2. The Kier molecular flexibility index (Phi) is 7.42. The summed E-state index contributed by atoms with van der Waals surface area (Å²) >= 11 is 1.54. The van der Waals surface area contributed by atoms with Crippen LogP contribution in [0.5, 0.6) is 5.75 Å². The molecule has 0 saturated heterocycles. The van der Waals surface area contributed by atoms with Crippen LogP contribution in [0.2, 0.25) is 0 Å². The van der Waals surface area contributed by atoms with Crippen LogP contribution in [-0.4, -0.2) is 26.1 Å². The Morgan fingerprint density at radius 3 is 2.52 bits per heavy atom. The van der Waals surface area contributed by atoms with E-state index >= 15 is 0 Å². The molecule has 1 N–H and O–H groups in total. The number of amides is 1. The number of anilines is 1. The molecule has 3 rings (SSSR count). The number of hydrogen-bond donors (Lipinski definition) is 1. The molecule has 1 heterocycles. The summed E-state index contributed by atoms with van der Waals surface area (Å²) < 4.78 is 10.2. The van der Waals surface area contributed by atoms with Crippen LogP contribution in [0.25, 0.3) is 0 Å². The second-order valence-corrected chi connectivity index (χ2v) is 9.98. The van der Waals surface area contributed by atoms with Crippen molar-refractivity contribution in [1.82, 2.24) is 0 Å². The molecule has 0 radical (unpaired) electrons. The second kappa shape index (κ2) is 9.86. The Hall–Kier alpha value is -2.34. The van der Waals surface area contributed by atoms with E-state index in [1.807, 2.05) is 24.3 Å². The Labute approximate surface area is 189 Å². The summed E-state index contributed by atoms with van der Waals surface area (Å²) in [7, 11) is 3.03. The second-order valence-electron chi connectivity index (χ2n) is 8.88. The average Bonchev–Trinajstić information content (AvgIpc) is 3.14. The van der Waals surface area contributed by atoms with Gasteiger partial charge in [-0.3, -0.25) is 4.79 Å². The first-order valence-corrected chi connectivity index (χ1v) is 11.8. The van der Waals surface area contributed by atoms with Gasteiger partial charge in [0.25, 0.3) is 0 Å². The van der Waals surface area contributed by atoms with Gasteiger partial charge in [-0.25, -0.2) is 4.79 Å². The molecule has 0 aliphatic heterocycles. The molecular weight excluding hydrogens is 410 g/mol. The highest BCUT2D eigenvalue weighted by molar-refractivity contribution is 7.17. The molecule has 2 aromatic rings. The quantitative estimate of drug-likeness (QED) is 0.535. The van der Waals surface area contributed by atoms with E-state index in [-0.39, 0.29) is 17.3 Å². The zero-order chi connectivity index (χ0) is 22.6. The molecule has 1 aliphatic carbocycles. The molecule has 0 spiro atoms. The Bertz CT molecular complexity index is 930. The summed E-state index contributed by atoms with van der Waals surface area (Å²) in [5.41, 5.74) is 2.94. The summed E-state index contributed by atoms with van der Waals surface area (Å²) in [6.07, 6.45) is 4.96. The molecular formula is C25H33NO4S. The number of benzene rings is 1. The van der Waals surface area contributed by atoms with E-state index in [1.165, 1.54) is 12.0 Å². The Balaban J connectivity index is 1.74. The summed E-state index contributed by atoms with van der Waals surface area (Å²) in [5, 5.41) is 3.63. The number of hydrogen-bond acceptors (Lipinski definition) is 5. The summed E-state index contributed by atoms with van der Waals surface area (Å²) in [4.78, 5) is 26.4. The van der Waals surface area contributed by atoms with Crippen LogP contribution in [0.15, 0.2) is 24.3 Å². The van der Waals surface area contributed by atoms with Gasteiger partial charge in [-0.2, -0.15) is 0 Å². The largest absolute Gasteiger partial charge is 0.497 e. The molecule has 1 amide bonds. The van der Waals surface area contributed by atoms with Crippen molar-refractivity contribution in [3.05, 3.63) is 45.8 Å². The van der Waals surface area contributed by atoms with Crippen LogP contribution < -0.4 is 10.1 Å². The average molecular weight is 444 g/mol. The molecule has 1 aliphatic rings. The van der Waals surface area contributed by atoms with Crippen molar-refractivity contribution in [2.45, 2.75) is 59.3 Å². The Morgan fingerprint density at radius 1 is 1.19 bits per heavy atom. The van der Waals surface area contributed by atoms with E-state index in [1.54, 1.807) is 18.4 Å². The molecule has 5 nitrogen and oxygen atoms in total. The highest BCUT2D eigenvalue weighted by atomic mass is 32.1. The molecule has 6 heteroatoms. The van der Waals surface area contributed by atoms with E-state index in [0.29, 0.717) is 29.3 Å². The van der Waals surface area contributed by atoms with Crippen molar-refractivity contribution in [1.29, 1.82) is 0 Å². The predicted octanol–water partition coefficient (Wildman–Crippen LogP) is 5.66. The molecule has 1 unspecified atom stereocenters. The molecule has 1 aromatic heterocycles. The van der Waals surface area contributed by atoms with Gasteiger partial charge in [-0.1, -0.05) is 39.3 Å². The van der Waals surface area contributed by atoms with Gasteiger partial charge in [0.2, 0.25) is 5.91 Å². The lowest BCUT2D eigenvalue weighted by molar-refractivity contribution is -0.116. The lowest BCUT2D eigenvalue weighted by Gasteiger charge is -2.36. The highest BCUT2D eigenvalue weighted by Gasteiger charge is 2.35. The number of fused-ring (bicyclic) bond motifs is 1. The number of rotatable bonds is 8. The first kappa shape index (κ1) is 23.3. The first-order valence-electron chi connectivity index (χ1n) is 10.9. The third-order valence-corrected chi connectivity index (χ3v) is 7.89. The molecule has 1 atom stereocenters. The number of methoxy groups -OCH3 is 2. The van der Waals surface area contributed by atoms with Gasteiger partial charge >= 0.3 is 5.97 Å². The zero-order valence-corrected chi connectivity index (χ0v) is 20.0. The smallest absolute Gasteiger partial charge is 0.341 e.